The molecule has 2 N–H and O–H groups in total. The maximum absolute atomic E-state index is 12.2. The molecule has 0 atom stereocenters. The standard InChI is InChI=1S/C13H9ClN2O2S/c14-10-5-4-7(19-10)6-16-12(17)8-2-1-3-9(15)11(8)13(16)18/h1-5H,6,15H2. The van der Waals surface area contributed by atoms with Gasteiger partial charge in [0.1, 0.15) is 0 Å². The lowest BCUT2D eigenvalue weighted by atomic mass is 10.1. The number of benzene rings is 1. The molecule has 1 aliphatic rings. The maximum Gasteiger partial charge on any atom is 0.263 e. The molecule has 1 aliphatic heterocycles. The summed E-state index contributed by atoms with van der Waals surface area (Å²) in [6.07, 6.45) is 0. The first-order chi connectivity index (χ1) is 9.08. The van der Waals surface area contributed by atoms with Gasteiger partial charge in [0, 0.05) is 10.6 Å². The highest BCUT2D eigenvalue weighted by molar-refractivity contribution is 7.16. The van der Waals surface area contributed by atoms with E-state index in [1.807, 2.05) is 0 Å². The van der Waals surface area contributed by atoms with Gasteiger partial charge in [-0.2, -0.15) is 0 Å². The van der Waals surface area contributed by atoms with Crippen molar-refractivity contribution in [3.63, 3.8) is 0 Å². The van der Waals surface area contributed by atoms with Gasteiger partial charge in [-0.1, -0.05) is 17.7 Å². The Labute approximate surface area is 118 Å². The Balaban J connectivity index is 1.97. The van der Waals surface area contributed by atoms with Gasteiger partial charge in [0.05, 0.1) is 22.0 Å². The van der Waals surface area contributed by atoms with E-state index < -0.39 is 0 Å². The van der Waals surface area contributed by atoms with Crippen LogP contribution in [-0.2, 0) is 6.54 Å². The molecule has 0 unspecified atom stereocenters. The van der Waals surface area contributed by atoms with Crippen molar-refractivity contribution in [1.82, 2.24) is 4.90 Å². The van der Waals surface area contributed by atoms with E-state index in [-0.39, 0.29) is 18.4 Å². The van der Waals surface area contributed by atoms with E-state index in [0.717, 1.165) is 4.88 Å². The van der Waals surface area contributed by atoms with Crippen LogP contribution in [0, 0.1) is 0 Å². The van der Waals surface area contributed by atoms with Gasteiger partial charge in [0.25, 0.3) is 11.8 Å². The summed E-state index contributed by atoms with van der Waals surface area (Å²) in [6, 6.07) is 8.46. The molecule has 0 spiro atoms. The molecule has 2 amide bonds. The van der Waals surface area contributed by atoms with E-state index in [1.165, 1.54) is 16.2 Å². The highest BCUT2D eigenvalue weighted by Gasteiger charge is 2.37. The molecule has 1 aromatic carbocycles. The lowest BCUT2D eigenvalue weighted by molar-refractivity contribution is 0.0644. The monoisotopic (exact) mass is 292 g/mol. The number of carbonyl (C=O) groups excluding carboxylic acids is 2. The molecule has 0 aliphatic carbocycles. The van der Waals surface area contributed by atoms with E-state index >= 15 is 0 Å². The third-order valence-corrected chi connectivity index (χ3v) is 4.19. The largest absolute Gasteiger partial charge is 0.398 e. The minimum absolute atomic E-state index is 0.225. The molecule has 0 radical (unpaired) electrons. The third kappa shape index (κ3) is 1.91. The zero-order chi connectivity index (χ0) is 13.6. The van der Waals surface area contributed by atoms with E-state index in [4.69, 9.17) is 17.3 Å². The summed E-state index contributed by atoms with van der Waals surface area (Å²) in [4.78, 5) is 26.5. The number of hydrogen-bond acceptors (Lipinski definition) is 4. The number of fused-ring (bicyclic) bond motifs is 1. The number of thiophene rings is 1. The summed E-state index contributed by atoms with van der Waals surface area (Å²) < 4.78 is 0.631. The van der Waals surface area contributed by atoms with Crippen LogP contribution in [0.1, 0.15) is 25.6 Å². The Hall–Kier alpha value is -1.85. The summed E-state index contributed by atoms with van der Waals surface area (Å²) in [7, 11) is 0. The van der Waals surface area contributed by atoms with E-state index in [2.05, 4.69) is 0 Å². The molecule has 6 heteroatoms. The second kappa shape index (κ2) is 4.36. The van der Waals surface area contributed by atoms with Crippen molar-refractivity contribution in [3.05, 3.63) is 50.7 Å². The smallest absolute Gasteiger partial charge is 0.263 e. The van der Waals surface area contributed by atoms with Crippen molar-refractivity contribution < 1.29 is 9.59 Å². The maximum atomic E-state index is 12.2. The van der Waals surface area contributed by atoms with Crippen LogP contribution >= 0.6 is 22.9 Å². The molecular formula is C13H9ClN2O2S. The third-order valence-electron chi connectivity index (χ3n) is 2.97. The molecular weight excluding hydrogens is 284 g/mol. The first-order valence-electron chi connectivity index (χ1n) is 5.57. The molecule has 2 aromatic rings. The molecule has 3 rings (SSSR count). The minimum Gasteiger partial charge on any atom is -0.398 e. The van der Waals surface area contributed by atoms with E-state index in [0.29, 0.717) is 21.2 Å². The number of rotatable bonds is 2. The summed E-state index contributed by atoms with van der Waals surface area (Å²) in [6.45, 7) is 0.225. The van der Waals surface area contributed by atoms with Gasteiger partial charge >= 0.3 is 0 Å². The first kappa shape index (κ1) is 12.2. The number of nitrogen functional groups attached to an aromatic ring is 1. The molecule has 0 bridgehead atoms. The number of amides is 2. The Morgan fingerprint density at radius 3 is 2.58 bits per heavy atom. The van der Waals surface area contributed by atoms with Crippen molar-refractivity contribution in [2.45, 2.75) is 6.54 Å². The fourth-order valence-corrected chi connectivity index (χ4v) is 3.17. The van der Waals surface area contributed by atoms with E-state index in [9.17, 15) is 9.59 Å². The number of carbonyl (C=O) groups is 2. The highest BCUT2D eigenvalue weighted by Crippen LogP contribution is 2.30. The predicted octanol–water partition coefficient (Wildman–Crippen LogP) is 2.78. The summed E-state index contributed by atoms with van der Waals surface area (Å²) in [5.41, 5.74) is 6.77. The van der Waals surface area contributed by atoms with Crippen LogP contribution in [-0.4, -0.2) is 16.7 Å². The number of halogens is 1. The van der Waals surface area contributed by atoms with Crippen LogP contribution < -0.4 is 5.73 Å². The van der Waals surface area contributed by atoms with Crippen molar-refractivity contribution in [1.29, 1.82) is 0 Å². The fourth-order valence-electron chi connectivity index (χ4n) is 2.10. The van der Waals surface area contributed by atoms with Gasteiger partial charge < -0.3 is 5.73 Å². The van der Waals surface area contributed by atoms with Gasteiger partial charge in [0.2, 0.25) is 0 Å². The van der Waals surface area contributed by atoms with Crippen molar-refractivity contribution in [3.8, 4) is 0 Å². The first-order valence-corrected chi connectivity index (χ1v) is 6.76. The number of anilines is 1. The molecule has 2 heterocycles. The lowest BCUT2D eigenvalue weighted by Crippen LogP contribution is -2.28. The predicted molar refractivity (Wildman–Crippen MR) is 74.4 cm³/mol. The van der Waals surface area contributed by atoms with Gasteiger partial charge in [-0.25, -0.2) is 0 Å². The SMILES string of the molecule is Nc1cccc2c1C(=O)N(Cc1ccc(Cl)s1)C2=O. The molecule has 0 saturated carbocycles. The van der Waals surface area contributed by atoms with Crippen LogP contribution in [0.4, 0.5) is 5.69 Å². The van der Waals surface area contributed by atoms with Gasteiger partial charge in [0.15, 0.2) is 0 Å². The molecule has 1 aromatic heterocycles. The second-order valence-electron chi connectivity index (χ2n) is 4.17. The molecule has 19 heavy (non-hydrogen) atoms. The van der Waals surface area contributed by atoms with Crippen LogP contribution in [0.5, 0.6) is 0 Å². The zero-order valence-corrected chi connectivity index (χ0v) is 11.3. The number of imide groups is 1. The fraction of sp³-hybridized carbons (Fsp3) is 0.0769. The number of hydrogen-bond donors (Lipinski definition) is 1. The lowest BCUT2D eigenvalue weighted by Gasteiger charge is -2.12. The Kier molecular flexibility index (Phi) is 2.80. The topological polar surface area (TPSA) is 63.4 Å². The minimum atomic E-state index is -0.345. The van der Waals surface area contributed by atoms with Crippen LogP contribution in [0.25, 0.3) is 0 Å². The van der Waals surface area contributed by atoms with Gasteiger partial charge in [-0.3, -0.25) is 14.5 Å². The average molecular weight is 293 g/mol. The number of nitrogens with zero attached hydrogens (tertiary/aromatic N) is 1. The van der Waals surface area contributed by atoms with Crippen molar-refractivity contribution in [2.75, 3.05) is 5.73 Å². The molecule has 4 nitrogen and oxygen atoms in total. The van der Waals surface area contributed by atoms with Crippen LogP contribution in [0.15, 0.2) is 30.3 Å². The highest BCUT2D eigenvalue weighted by atomic mass is 35.5. The van der Waals surface area contributed by atoms with Gasteiger partial charge in [-0.15, -0.1) is 11.3 Å². The molecule has 96 valence electrons. The second-order valence-corrected chi connectivity index (χ2v) is 5.97. The average Bonchev–Trinajstić information content (AvgIpc) is 2.88. The quantitative estimate of drug-likeness (QED) is 0.684. The van der Waals surface area contributed by atoms with Crippen molar-refractivity contribution >= 4 is 40.4 Å². The summed E-state index contributed by atoms with van der Waals surface area (Å²) in [5.74, 6) is -0.653. The van der Waals surface area contributed by atoms with Crippen molar-refractivity contribution in [2.24, 2.45) is 0 Å². The summed E-state index contributed by atoms with van der Waals surface area (Å²) in [5, 5.41) is 0. The van der Waals surface area contributed by atoms with E-state index in [1.54, 1.807) is 30.3 Å². The zero-order valence-electron chi connectivity index (χ0n) is 9.72. The van der Waals surface area contributed by atoms with Crippen LogP contribution in [0.2, 0.25) is 4.34 Å². The molecule has 0 fully saturated rings. The Morgan fingerprint density at radius 2 is 1.95 bits per heavy atom. The van der Waals surface area contributed by atoms with Gasteiger partial charge in [-0.05, 0) is 24.3 Å². The Bertz CT molecular complexity index is 696. The molecule has 0 saturated heterocycles. The normalized spacial score (nSPS) is 14.1. The number of nitrogens with two attached hydrogens (primary N) is 1. The Morgan fingerprint density at radius 1 is 1.16 bits per heavy atom. The summed E-state index contributed by atoms with van der Waals surface area (Å²) >= 11 is 7.19. The van der Waals surface area contributed by atoms with Crippen LogP contribution in [0.3, 0.4) is 0 Å².